The van der Waals surface area contributed by atoms with Gasteiger partial charge in [-0.15, -0.1) is 6.42 Å². The number of piperazine rings is 1. The molecule has 0 amide bonds. The monoisotopic (exact) mass is 336 g/mol. The van der Waals surface area contributed by atoms with Gasteiger partial charge in [0.1, 0.15) is 0 Å². The predicted molar refractivity (Wildman–Crippen MR) is 88.9 cm³/mol. The van der Waals surface area contributed by atoms with Crippen molar-refractivity contribution >= 4 is 23.3 Å². The fraction of sp³-hybridized carbons (Fsp3) is 0.438. The highest BCUT2D eigenvalue weighted by Gasteiger charge is 2.20. The summed E-state index contributed by atoms with van der Waals surface area (Å²) in [5.41, 5.74) is 1.21. The first-order valence-corrected chi connectivity index (χ1v) is 7.88. The molecule has 0 N–H and O–H groups in total. The quantitative estimate of drug-likeness (QED) is 0.631. The number of halogens is 2. The normalized spacial score (nSPS) is 17.0. The number of terminal acetylenes is 1. The van der Waals surface area contributed by atoms with Crippen molar-refractivity contribution in [1.29, 1.82) is 0 Å². The van der Waals surface area contributed by atoms with E-state index in [-0.39, 0.29) is 4.77 Å². The lowest BCUT2D eigenvalue weighted by atomic mass is 10.3. The molecule has 3 rings (SSSR count). The predicted octanol–water partition coefficient (Wildman–Crippen LogP) is 2.78. The zero-order valence-electron chi connectivity index (χ0n) is 12.7. The summed E-state index contributed by atoms with van der Waals surface area (Å²) in [5, 5.41) is 0. The average molecular weight is 336 g/mol. The smallest absolute Gasteiger partial charge is 0.303 e. The fourth-order valence-corrected chi connectivity index (χ4v) is 3.31. The van der Waals surface area contributed by atoms with Crippen LogP contribution < -0.4 is 0 Å². The topological polar surface area (TPSA) is 16.3 Å². The van der Waals surface area contributed by atoms with Crippen LogP contribution in [0.5, 0.6) is 0 Å². The van der Waals surface area contributed by atoms with Crippen LogP contribution in [0.4, 0.5) is 8.78 Å². The Hall–Kier alpha value is -1.75. The van der Waals surface area contributed by atoms with Crippen LogP contribution in [0.2, 0.25) is 0 Å². The molecule has 0 aliphatic carbocycles. The molecule has 0 spiro atoms. The molecule has 0 unspecified atom stereocenters. The van der Waals surface area contributed by atoms with E-state index >= 15 is 0 Å². The first kappa shape index (κ1) is 16.1. The van der Waals surface area contributed by atoms with Crippen LogP contribution in [-0.4, -0.2) is 51.7 Å². The molecule has 4 nitrogen and oxygen atoms in total. The fourth-order valence-electron chi connectivity index (χ4n) is 2.98. The van der Waals surface area contributed by atoms with Gasteiger partial charge in [-0.05, 0) is 24.4 Å². The first-order chi connectivity index (χ1) is 11.1. The molecule has 1 aliphatic heterocycles. The average Bonchev–Trinajstić information content (AvgIpc) is 2.82. The molecular weight excluding hydrogens is 318 g/mol. The van der Waals surface area contributed by atoms with Gasteiger partial charge < -0.3 is 4.57 Å². The Morgan fingerprint density at radius 2 is 1.70 bits per heavy atom. The molecule has 122 valence electrons. The second-order valence-corrected chi connectivity index (χ2v) is 5.95. The highest BCUT2D eigenvalue weighted by molar-refractivity contribution is 7.71. The Morgan fingerprint density at radius 1 is 1.09 bits per heavy atom. The third-order valence-electron chi connectivity index (χ3n) is 4.19. The lowest BCUT2D eigenvalue weighted by Crippen LogP contribution is -2.46. The van der Waals surface area contributed by atoms with Crippen LogP contribution in [0.25, 0.3) is 11.0 Å². The number of para-hydroxylation sites is 2. The van der Waals surface area contributed by atoms with Gasteiger partial charge in [-0.25, -0.2) is 0 Å². The van der Waals surface area contributed by atoms with Crippen molar-refractivity contribution in [2.24, 2.45) is 0 Å². The SMILES string of the molecule is C#CCN1CCN(Cn2c(=S)n(C(F)F)c3ccccc32)CC1. The number of hydrogen-bond donors (Lipinski definition) is 0. The maximum Gasteiger partial charge on any atom is 0.321 e. The lowest BCUT2D eigenvalue weighted by Gasteiger charge is -2.33. The zero-order chi connectivity index (χ0) is 16.4. The summed E-state index contributed by atoms with van der Waals surface area (Å²) >= 11 is 5.28. The van der Waals surface area contributed by atoms with E-state index in [1.165, 1.54) is 0 Å². The molecule has 1 aromatic carbocycles. The third-order valence-corrected chi connectivity index (χ3v) is 4.60. The summed E-state index contributed by atoms with van der Waals surface area (Å²) in [7, 11) is 0. The minimum Gasteiger partial charge on any atom is -0.303 e. The highest BCUT2D eigenvalue weighted by Crippen LogP contribution is 2.24. The number of hydrogen-bond acceptors (Lipinski definition) is 3. The number of rotatable bonds is 4. The van der Waals surface area contributed by atoms with Crippen molar-refractivity contribution in [3.8, 4) is 12.3 Å². The molecule has 1 aromatic heterocycles. The number of nitrogens with zero attached hydrogens (tertiary/aromatic N) is 4. The Balaban J connectivity index is 1.86. The molecule has 1 saturated heterocycles. The summed E-state index contributed by atoms with van der Waals surface area (Å²) in [6, 6.07) is 7.10. The standard InChI is InChI=1S/C16H18F2N4S/c1-2-7-19-8-10-20(11-9-19)12-21-13-5-3-4-6-14(13)22(15(17)18)16(21)23/h1,3-6,15H,7-12H2. The minimum atomic E-state index is -2.64. The highest BCUT2D eigenvalue weighted by atomic mass is 32.1. The van der Waals surface area contributed by atoms with E-state index in [4.69, 9.17) is 18.6 Å². The van der Waals surface area contributed by atoms with Crippen LogP contribution in [0, 0.1) is 17.1 Å². The molecule has 23 heavy (non-hydrogen) atoms. The number of aromatic nitrogens is 2. The first-order valence-electron chi connectivity index (χ1n) is 7.48. The second kappa shape index (κ2) is 6.79. The van der Waals surface area contributed by atoms with Crippen molar-refractivity contribution in [1.82, 2.24) is 18.9 Å². The summed E-state index contributed by atoms with van der Waals surface area (Å²) in [4.78, 5) is 4.42. The lowest BCUT2D eigenvalue weighted by molar-refractivity contribution is 0.0704. The van der Waals surface area contributed by atoms with E-state index in [0.29, 0.717) is 18.7 Å². The molecule has 1 fully saturated rings. The van der Waals surface area contributed by atoms with E-state index in [1.54, 1.807) is 16.7 Å². The van der Waals surface area contributed by atoms with Gasteiger partial charge in [0.25, 0.3) is 0 Å². The molecule has 0 saturated carbocycles. The van der Waals surface area contributed by atoms with Crippen molar-refractivity contribution in [3.05, 3.63) is 29.0 Å². The maximum absolute atomic E-state index is 13.3. The number of imidazole rings is 1. The molecule has 2 heterocycles. The van der Waals surface area contributed by atoms with Crippen LogP contribution >= 0.6 is 12.2 Å². The molecule has 1 aliphatic rings. The van der Waals surface area contributed by atoms with Gasteiger partial charge >= 0.3 is 6.55 Å². The van der Waals surface area contributed by atoms with Crippen molar-refractivity contribution < 1.29 is 8.78 Å². The van der Waals surface area contributed by atoms with E-state index in [1.807, 2.05) is 12.1 Å². The van der Waals surface area contributed by atoms with E-state index in [2.05, 4.69) is 15.7 Å². The van der Waals surface area contributed by atoms with Gasteiger partial charge in [0, 0.05) is 26.2 Å². The summed E-state index contributed by atoms with van der Waals surface area (Å²) in [6.07, 6.45) is 5.33. The molecular formula is C16H18F2N4S. The third kappa shape index (κ3) is 3.15. The molecule has 7 heteroatoms. The Labute approximate surface area is 138 Å². The second-order valence-electron chi connectivity index (χ2n) is 5.59. The Morgan fingerprint density at radius 3 is 2.30 bits per heavy atom. The van der Waals surface area contributed by atoms with Gasteiger partial charge in [-0.3, -0.25) is 14.4 Å². The van der Waals surface area contributed by atoms with Crippen LogP contribution in [0.15, 0.2) is 24.3 Å². The minimum absolute atomic E-state index is 0.159. The molecule has 0 radical (unpaired) electrons. The van der Waals surface area contributed by atoms with Gasteiger partial charge in [0.05, 0.1) is 24.2 Å². The molecule has 0 bridgehead atoms. The van der Waals surface area contributed by atoms with Crippen LogP contribution in [0.3, 0.4) is 0 Å². The van der Waals surface area contributed by atoms with Crippen LogP contribution in [0.1, 0.15) is 6.55 Å². The number of benzene rings is 1. The number of fused-ring (bicyclic) bond motifs is 1. The molecule has 2 aromatic rings. The van der Waals surface area contributed by atoms with Gasteiger partial charge in [-0.1, -0.05) is 18.1 Å². The van der Waals surface area contributed by atoms with Gasteiger partial charge in [0.2, 0.25) is 0 Å². The van der Waals surface area contributed by atoms with Crippen molar-refractivity contribution in [2.45, 2.75) is 13.2 Å². The Kier molecular flexibility index (Phi) is 4.76. The van der Waals surface area contributed by atoms with Crippen molar-refractivity contribution in [2.75, 3.05) is 32.7 Å². The van der Waals surface area contributed by atoms with Crippen molar-refractivity contribution in [3.63, 3.8) is 0 Å². The summed E-state index contributed by atoms with van der Waals surface area (Å²) in [6.45, 7) is 1.98. The maximum atomic E-state index is 13.3. The van der Waals surface area contributed by atoms with E-state index in [0.717, 1.165) is 36.3 Å². The Bertz CT molecular complexity index is 781. The van der Waals surface area contributed by atoms with E-state index < -0.39 is 6.55 Å². The zero-order valence-corrected chi connectivity index (χ0v) is 13.5. The molecule has 0 atom stereocenters. The van der Waals surface area contributed by atoms with Crippen LogP contribution in [-0.2, 0) is 6.67 Å². The number of alkyl halides is 2. The largest absolute Gasteiger partial charge is 0.321 e. The van der Waals surface area contributed by atoms with Gasteiger partial charge in [-0.2, -0.15) is 8.78 Å². The summed E-state index contributed by atoms with van der Waals surface area (Å²) in [5.74, 6) is 2.65. The summed E-state index contributed by atoms with van der Waals surface area (Å²) < 4.78 is 29.5. The van der Waals surface area contributed by atoms with E-state index in [9.17, 15) is 8.78 Å². The van der Waals surface area contributed by atoms with Gasteiger partial charge in [0.15, 0.2) is 4.77 Å².